The smallest absolute Gasteiger partial charge is 0.273 e. The van der Waals surface area contributed by atoms with Crippen molar-refractivity contribution in [1.82, 2.24) is 9.97 Å². The molecule has 0 bridgehead atoms. The maximum atomic E-state index is 12.7. The molecule has 1 amide bonds. The number of amides is 1. The second kappa shape index (κ2) is 7.48. The van der Waals surface area contributed by atoms with Gasteiger partial charge < -0.3 is 10.3 Å². The molecule has 4 nitrogen and oxygen atoms in total. The van der Waals surface area contributed by atoms with Crippen molar-refractivity contribution in [2.75, 3.05) is 5.32 Å². The first kappa shape index (κ1) is 17.1. The summed E-state index contributed by atoms with van der Waals surface area (Å²) in [5.41, 5.74) is 3.58. The lowest BCUT2D eigenvalue weighted by Gasteiger charge is -2.05. The highest BCUT2D eigenvalue weighted by Gasteiger charge is 2.15. The molecule has 2 N–H and O–H groups in total. The van der Waals surface area contributed by atoms with Gasteiger partial charge in [-0.1, -0.05) is 36.3 Å². The van der Waals surface area contributed by atoms with Gasteiger partial charge in [0, 0.05) is 28.4 Å². The fourth-order valence-electron chi connectivity index (χ4n) is 2.71. The normalized spacial score (nSPS) is 10.3. The summed E-state index contributed by atoms with van der Waals surface area (Å²) in [4.78, 5) is 20.0. The Kier molecular flexibility index (Phi) is 4.73. The Labute approximate surface area is 164 Å². The third-order valence-corrected chi connectivity index (χ3v) is 4.81. The molecule has 0 saturated carbocycles. The molecule has 0 saturated heterocycles. The summed E-state index contributed by atoms with van der Waals surface area (Å²) in [6.07, 6.45) is 1.71. The highest BCUT2D eigenvalue weighted by molar-refractivity contribution is 9.10. The third-order valence-electron chi connectivity index (χ3n) is 3.99. The number of hydrogen-bond acceptors (Lipinski definition) is 2. The molecule has 0 atom stereocenters. The average Bonchev–Trinajstić information content (AvgIpc) is 3.05. The zero-order valence-electron chi connectivity index (χ0n) is 14.2. The Bertz CT molecular complexity index is 1190. The largest absolute Gasteiger partial charge is 0.350 e. The van der Waals surface area contributed by atoms with Crippen molar-refractivity contribution in [3.63, 3.8) is 0 Å². The van der Waals surface area contributed by atoms with Gasteiger partial charge in [0.2, 0.25) is 0 Å². The van der Waals surface area contributed by atoms with Crippen molar-refractivity contribution >= 4 is 38.4 Å². The van der Waals surface area contributed by atoms with Gasteiger partial charge in [-0.25, -0.2) is 4.98 Å². The summed E-state index contributed by atoms with van der Waals surface area (Å²) in [5, 5.41) is 3.89. The van der Waals surface area contributed by atoms with E-state index in [0.717, 1.165) is 20.9 Å². The average molecular weight is 416 g/mol. The molecule has 2 heterocycles. The number of hydrogen-bond donors (Lipinski definition) is 2. The number of pyridine rings is 1. The van der Waals surface area contributed by atoms with Gasteiger partial charge in [0.15, 0.2) is 0 Å². The minimum absolute atomic E-state index is 0.215. The van der Waals surface area contributed by atoms with Crippen LogP contribution in [0.3, 0.4) is 0 Å². The maximum absolute atomic E-state index is 12.7. The summed E-state index contributed by atoms with van der Waals surface area (Å²) < 4.78 is 0.752. The van der Waals surface area contributed by atoms with Crippen molar-refractivity contribution in [3.05, 3.63) is 94.4 Å². The summed E-state index contributed by atoms with van der Waals surface area (Å²) in [6.45, 7) is 0. The van der Waals surface area contributed by atoms with E-state index in [9.17, 15) is 4.79 Å². The molecule has 0 spiro atoms. The van der Waals surface area contributed by atoms with Crippen LogP contribution < -0.4 is 5.32 Å². The van der Waals surface area contributed by atoms with Gasteiger partial charge in [-0.3, -0.25) is 4.79 Å². The van der Waals surface area contributed by atoms with Crippen LogP contribution in [0.25, 0.3) is 10.9 Å². The Balaban J connectivity index is 1.57. The Morgan fingerprint density at radius 2 is 1.85 bits per heavy atom. The fourth-order valence-corrected chi connectivity index (χ4v) is 3.33. The van der Waals surface area contributed by atoms with Crippen LogP contribution in [-0.2, 0) is 0 Å². The van der Waals surface area contributed by atoms with Gasteiger partial charge in [0.1, 0.15) is 11.4 Å². The van der Waals surface area contributed by atoms with Crippen LogP contribution in [0.1, 0.15) is 21.7 Å². The lowest BCUT2D eigenvalue weighted by atomic mass is 10.2. The first-order valence-corrected chi connectivity index (χ1v) is 9.11. The quantitative estimate of drug-likeness (QED) is 0.453. The standard InChI is InChI=1S/C22H14BrN3O/c23-20-18-9-1-2-10-19(18)26-21(20)22(27)25-17-8-5-6-15(14-17)11-12-16-7-3-4-13-24-16/h1-10,13-14,26H,(H,25,27). The summed E-state index contributed by atoms with van der Waals surface area (Å²) in [6, 6.07) is 20.8. The van der Waals surface area contributed by atoms with Gasteiger partial charge >= 0.3 is 0 Å². The molecular formula is C22H14BrN3O. The van der Waals surface area contributed by atoms with Crippen molar-refractivity contribution < 1.29 is 4.79 Å². The number of aromatic nitrogens is 2. The Hall–Kier alpha value is -3.36. The lowest BCUT2D eigenvalue weighted by Crippen LogP contribution is -2.12. The molecule has 0 radical (unpaired) electrons. The predicted molar refractivity (Wildman–Crippen MR) is 111 cm³/mol. The first-order chi connectivity index (χ1) is 13.2. The molecule has 27 heavy (non-hydrogen) atoms. The monoisotopic (exact) mass is 415 g/mol. The first-order valence-electron chi connectivity index (χ1n) is 8.31. The van der Waals surface area contributed by atoms with Gasteiger partial charge in [0.05, 0.1) is 4.47 Å². The van der Waals surface area contributed by atoms with E-state index in [2.05, 4.69) is 43.1 Å². The molecule has 2 aromatic heterocycles. The third kappa shape index (κ3) is 3.76. The number of nitrogens with one attached hydrogen (secondary N) is 2. The van der Waals surface area contributed by atoms with Gasteiger partial charge in [-0.15, -0.1) is 0 Å². The molecule has 0 aliphatic carbocycles. The molecule has 0 aliphatic rings. The number of benzene rings is 2. The topological polar surface area (TPSA) is 57.8 Å². The number of anilines is 1. The summed E-state index contributed by atoms with van der Waals surface area (Å²) in [7, 11) is 0. The second-order valence-corrected chi connectivity index (χ2v) is 6.65. The summed E-state index contributed by atoms with van der Waals surface area (Å²) in [5.74, 6) is 5.86. The number of fused-ring (bicyclic) bond motifs is 1. The zero-order valence-corrected chi connectivity index (χ0v) is 15.7. The van der Waals surface area contributed by atoms with Crippen LogP contribution in [0.15, 0.2) is 77.4 Å². The molecule has 4 rings (SSSR count). The molecule has 0 aliphatic heterocycles. The van der Waals surface area contributed by atoms with Crippen molar-refractivity contribution in [3.8, 4) is 11.8 Å². The fraction of sp³-hybridized carbons (Fsp3) is 0. The molecule has 130 valence electrons. The molecule has 2 aromatic carbocycles. The number of nitrogens with zero attached hydrogens (tertiary/aromatic N) is 1. The van der Waals surface area contributed by atoms with Crippen LogP contribution >= 0.6 is 15.9 Å². The van der Waals surface area contributed by atoms with Crippen LogP contribution in [-0.4, -0.2) is 15.9 Å². The van der Waals surface area contributed by atoms with E-state index in [1.165, 1.54) is 0 Å². The van der Waals surface area contributed by atoms with E-state index < -0.39 is 0 Å². The van der Waals surface area contributed by atoms with Crippen molar-refractivity contribution in [1.29, 1.82) is 0 Å². The van der Waals surface area contributed by atoms with E-state index in [1.807, 2.05) is 66.7 Å². The Morgan fingerprint density at radius 3 is 2.67 bits per heavy atom. The minimum atomic E-state index is -0.215. The highest BCUT2D eigenvalue weighted by atomic mass is 79.9. The highest BCUT2D eigenvalue weighted by Crippen LogP contribution is 2.28. The molecule has 5 heteroatoms. The molecule has 4 aromatic rings. The maximum Gasteiger partial charge on any atom is 0.273 e. The van der Waals surface area contributed by atoms with E-state index in [-0.39, 0.29) is 5.91 Å². The number of halogens is 1. The molecule has 0 unspecified atom stereocenters. The number of para-hydroxylation sites is 1. The number of aromatic amines is 1. The van der Waals surface area contributed by atoms with Gasteiger partial charge in [-0.2, -0.15) is 0 Å². The van der Waals surface area contributed by atoms with Crippen LogP contribution in [0.2, 0.25) is 0 Å². The zero-order chi connectivity index (χ0) is 18.6. The van der Waals surface area contributed by atoms with Crippen LogP contribution in [0, 0.1) is 11.8 Å². The van der Waals surface area contributed by atoms with Crippen molar-refractivity contribution in [2.45, 2.75) is 0 Å². The Morgan fingerprint density at radius 1 is 1.00 bits per heavy atom. The van der Waals surface area contributed by atoms with Crippen LogP contribution in [0.4, 0.5) is 5.69 Å². The predicted octanol–water partition coefficient (Wildman–Crippen LogP) is 4.98. The number of carbonyl (C=O) groups is 1. The number of rotatable bonds is 2. The lowest BCUT2D eigenvalue weighted by molar-refractivity contribution is 0.102. The SMILES string of the molecule is O=C(Nc1cccc(C#Cc2ccccn2)c1)c1[nH]c2ccccc2c1Br. The molecular weight excluding hydrogens is 402 g/mol. The van der Waals surface area contributed by atoms with Crippen LogP contribution in [0.5, 0.6) is 0 Å². The van der Waals surface area contributed by atoms with Crippen molar-refractivity contribution in [2.24, 2.45) is 0 Å². The molecule has 0 fully saturated rings. The van der Waals surface area contributed by atoms with E-state index in [4.69, 9.17) is 0 Å². The van der Waals surface area contributed by atoms with E-state index >= 15 is 0 Å². The van der Waals surface area contributed by atoms with Gasteiger partial charge in [-0.05, 0) is 58.2 Å². The van der Waals surface area contributed by atoms with E-state index in [0.29, 0.717) is 17.1 Å². The summed E-state index contributed by atoms with van der Waals surface area (Å²) >= 11 is 3.51. The van der Waals surface area contributed by atoms with Gasteiger partial charge in [0.25, 0.3) is 5.91 Å². The minimum Gasteiger partial charge on any atom is -0.350 e. The number of H-pyrrole nitrogens is 1. The number of carbonyl (C=O) groups excluding carboxylic acids is 1. The van der Waals surface area contributed by atoms with E-state index in [1.54, 1.807) is 6.20 Å². The second-order valence-electron chi connectivity index (χ2n) is 5.86.